The summed E-state index contributed by atoms with van der Waals surface area (Å²) >= 11 is 11.9. The molecule has 2 rings (SSSR count). The van der Waals surface area contributed by atoms with Crippen LogP contribution in [0.2, 0.25) is 10.0 Å². The third kappa shape index (κ3) is 3.62. The summed E-state index contributed by atoms with van der Waals surface area (Å²) in [4.78, 5) is 14.3. The third-order valence-electron chi connectivity index (χ3n) is 3.54. The Hall–Kier alpha value is -0.770. The van der Waals surface area contributed by atoms with Crippen LogP contribution in [-0.4, -0.2) is 30.4 Å². The van der Waals surface area contributed by atoms with Gasteiger partial charge in [0.25, 0.3) is 5.91 Å². The lowest BCUT2D eigenvalue weighted by Crippen LogP contribution is -2.40. The molecule has 1 heterocycles. The Morgan fingerprint density at radius 2 is 2.21 bits per heavy atom. The van der Waals surface area contributed by atoms with Crippen molar-refractivity contribution in [1.82, 2.24) is 4.90 Å². The Labute approximate surface area is 123 Å². The van der Waals surface area contributed by atoms with Gasteiger partial charge in [-0.05, 0) is 49.9 Å². The fraction of sp³-hybridized carbons (Fsp3) is 0.500. The van der Waals surface area contributed by atoms with E-state index in [0.29, 0.717) is 28.1 Å². The minimum Gasteiger partial charge on any atom is -0.338 e. The molecule has 1 saturated heterocycles. The molecule has 1 amide bonds. The topological polar surface area (TPSA) is 46.3 Å². The molecule has 0 spiro atoms. The van der Waals surface area contributed by atoms with E-state index in [2.05, 4.69) is 0 Å². The Morgan fingerprint density at radius 3 is 2.89 bits per heavy atom. The highest BCUT2D eigenvalue weighted by atomic mass is 35.5. The summed E-state index contributed by atoms with van der Waals surface area (Å²) in [6.45, 7) is 2.24. The fourth-order valence-electron chi connectivity index (χ4n) is 2.55. The van der Waals surface area contributed by atoms with Crippen LogP contribution in [0.4, 0.5) is 0 Å². The van der Waals surface area contributed by atoms with Crippen LogP contribution in [0.25, 0.3) is 0 Å². The van der Waals surface area contributed by atoms with Gasteiger partial charge in [-0.15, -0.1) is 0 Å². The van der Waals surface area contributed by atoms with E-state index >= 15 is 0 Å². The van der Waals surface area contributed by atoms with Crippen molar-refractivity contribution in [2.75, 3.05) is 19.6 Å². The van der Waals surface area contributed by atoms with Gasteiger partial charge in [0.05, 0.1) is 10.6 Å². The number of nitrogens with two attached hydrogens (primary N) is 1. The number of hydrogen-bond acceptors (Lipinski definition) is 2. The molecule has 1 aliphatic rings. The number of amides is 1. The van der Waals surface area contributed by atoms with Crippen LogP contribution in [-0.2, 0) is 0 Å². The zero-order valence-electron chi connectivity index (χ0n) is 10.7. The predicted octanol–water partition coefficient (Wildman–Crippen LogP) is 3.19. The molecule has 1 aromatic rings. The molecule has 2 N–H and O–H groups in total. The monoisotopic (exact) mass is 300 g/mol. The van der Waals surface area contributed by atoms with Gasteiger partial charge in [-0.25, -0.2) is 0 Å². The van der Waals surface area contributed by atoms with Crippen molar-refractivity contribution in [2.45, 2.75) is 19.3 Å². The molecule has 1 unspecified atom stereocenters. The lowest BCUT2D eigenvalue weighted by molar-refractivity contribution is 0.0669. The summed E-state index contributed by atoms with van der Waals surface area (Å²) in [7, 11) is 0. The highest BCUT2D eigenvalue weighted by Gasteiger charge is 2.25. The molecule has 1 atom stereocenters. The quantitative estimate of drug-likeness (QED) is 0.932. The molecular formula is C14H18Cl2N2O. The van der Waals surface area contributed by atoms with Crippen LogP contribution in [0, 0.1) is 5.92 Å². The molecule has 0 aromatic heterocycles. The molecule has 5 heteroatoms. The molecular weight excluding hydrogens is 283 g/mol. The summed E-state index contributed by atoms with van der Waals surface area (Å²) in [5.74, 6) is 0.497. The Balaban J connectivity index is 2.10. The van der Waals surface area contributed by atoms with Crippen LogP contribution in [0.15, 0.2) is 18.2 Å². The summed E-state index contributed by atoms with van der Waals surface area (Å²) < 4.78 is 0. The van der Waals surface area contributed by atoms with Crippen molar-refractivity contribution in [3.8, 4) is 0 Å². The first-order valence-electron chi connectivity index (χ1n) is 6.56. The van der Waals surface area contributed by atoms with E-state index in [1.54, 1.807) is 18.2 Å². The van der Waals surface area contributed by atoms with Gasteiger partial charge in [0.15, 0.2) is 0 Å². The number of carbonyl (C=O) groups is 1. The fourth-order valence-corrected chi connectivity index (χ4v) is 3.04. The van der Waals surface area contributed by atoms with Crippen molar-refractivity contribution in [1.29, 1.82) is 0 Å². The van der Waals surface area contributed by atoms with E-state index in [1.807, 2.05) is 4.90 Å². The average Bonchev–Trinajstić information content (AvgIpc) is 2.39. The van der Waals surface area contributed by atoms with Crippen LogP contribution in [0.5, 0.6) is 0 Å². The second-order valence-corrected chi connectivity index (χ2v) is 5.80. The van der Waals surface area contributed by atoms with Gasteiger partial charge in [-0.1, -0.05) is 23.2 Å². The number of rotatable bonds is 3. The molecule has 1 aromatic carbocycles. The van der Waals surface area contributed by atoms with Gasteiger partial charge in [-0.2, -0.15) is 0 Å². The minimum atomic E-state index is -0.0108. The van der Waals surface area contributed by atoms with Gasteiger partial charge in [-0.3, -0.25) is 4.79 Å². The van der Waals surface area contributed by atoms with Gasteiger partial charge in [0.2, 0.25) is 0 Å². The number of halogens is 2. The summed E-state index contributed by atoms with van der Waals surface area (Å²) in [5.41, 5.74) is 6.12. The standard InChI is InChI=1S/C14H18Cl2N2O/c15-11-3-4-12(13(16)8-11)14(19)18-7-1-2-10(9-18)5-6-17/h3-4,8,10H,1-2,5-7,9,17H2. The van der Waals surface area contributed by atoms with Crippen molar-refractivity contribution in [3.63, 3.8) is 0 Å². The van der Waals surface area contributed by atoms with E-state index in [0.717, 1.165) is 32.4 Å². The maximum absolute atomic E-state index is 12.4. The van der Waals surface area contributed by atoms with Gasteiger partial charge >= 0.3 is 0 Å². The largest absolute Gasteiger partial charge is 0.338 e. The second kappa shape index (κ2) is 6.60. The first-order valence-corrected chi connectivity index (χ1v) is 7.32. The van der Waals surface area contributed by atoms with Crippen molar-refractivity contribution < 1.29 is 4.79 Å². The number of likely N-dealkylation sites (tertiary alicyclic amines) is 1. The summed E-state index contributed by atoms with van der Waals surface area (Å²) in [5, 5.41) is 0.958. The molecule has 0 bridgehead atoms. The first kappa shape index (κ1) is 14.6. The van der Waals surface area contributed by atoms with Gasteiger partial charge < -0.3 is 10.6 Å². The summed E-state index contributed by atoms with van der Waals surface area (Å²) in [6.07, 6.45) is 3.15. The minimum absolute atomic E-state index is 0.0108. The van der Waals surface area contributed by atoms with E-state index in [1.165, 1.54) is 0 Å². The van der Waals surface area contributed by atoms with Gasteiger partial charge in [0, 0.05) is 18.1 Å². The van der Waals surface area contributed by atoms with E-state index in [9.17, 15) is 4.79 Å². The van der Waals surface area contributed by atoms with E-state index in [-0.39, 0.29) is 5.91 Å². The lowest BCUT2D eigenvalue weighted by Gasteiger charge is -2.33. The Morgan fingerprint density at radius 1 is 1.42 bits per heavy atom. The van der Waals surface area contributed by atoms with Gasteiger partial charge in [0.1, 0.15) is 0 Å². The molecule has 0 aliphatic carbocycles. The van der Waals surface area contributed by atoms with E-state index < -0.39 is 0 Å². The van der Waals surface area contributed by atoms with E-state index in [4.69, 9.17) is 28.9 Å². The second-order valence-electron chi connectivity index (χ2n) is 4.96. The maximum Gasteiger partial charge on any atom is 0.255 e. The number of benzene rings is 1. The molecule has 0 radical (unpaired) electrons. The predicted molar refractivity (Wildman–Crippen MR) is 78.8 cm³/mol. The zero-order valence-corrected chi connectivity index (χ0v) is 12.3. The summed E-state index contributed by atoms with van der Waals surface area (Å²) in [6, 6.07) is 5.00. The maximum atomic E-state index is 12.4. The normalized spacial score (nSPS) is 19.5. The van der Waals surface area contributed by atoms with Crippen molar-refractivity contribution in [3.05, 3.63) is 33.8 Å². The third-order valence-corrected chi connectivity index (χ3v) is 4.09. The molecule has 19 heavy (non-hydrogen) atoms. The molecule has 3 nitrogen and oxygen atoms in total. The Kier molecular flexibility index (Phi) is 5.08. The van der Waals surface area contributed by atoms with Crippen molar-refractivity contribution in [2.24, 2.45) is 11.7 Å². The smallest absolute Gasteiger partial charge is 0.255 e. The molecule has 1 aliphatic heterocycles. The average molecular weight is 301 g/mol. The molecule has 104 valence electrons. The van der Waals surface area contributed by atoms with Crippen LogP contribution in [0.3, 0.4) is 0 Å². The number of carbonyl (C=O) groups excluding carboxylic acids is 1. The van der Waals surface area contributed by atoms with Crippen LogP contribution < -0.4 is 5.73 Å². The zero-order chi connectivity index (χ0) is 13.8. The SMILES string of the molecule is NCCC1CCCN(C(=O)c2ccc(Cl)cc2Cl)C1. The number of hydrogen-bond donors (Lipinski definition) is 1. The highest BCUT2D eigenvalue weighted by Crippen LogP contribution is 2.25. The molecule has 0 saturated carbocycles. The molecule has 1 fully saturated rings. The highest BCUT2D eigenvalue weighted by molar-refractivity contribution is 6.36. The van der Waals surface area contributed by atoms with Crippen molar-refractivity contribution >= 4 is 29.1 Å². The number of nitrogens with zero attached hydrogens (tertiary/aromatic N) is 1. The van der Waals surface area contributed by atoms with Crippen LogP contribution >= 0.6 is 23.2 Å². The number of piperidine rings is 1. The van der Waals surface area contributed by atoms with Crippen LogP contribution in [0.1, 0.15) is 29.6 Å². The lowest BCUT2D eigenvalue weighted by atomic mass is 9.94. The Bertz CT molecular complexity index is 463. The first-order chi connectivity index (χ1) is 9.11.